The second-order valence-electron chi connectivity index (χ2n) is 6.45. The standard InChI is InChI=1S/C18H27N5O/c1-6-14-7-9-15(10-8-14)18(3,4)12-21-17(19-5)20-11-16-22-13(2)23-24-16/h7-10H,6,11-12H2,1-5H3,(H2,19,20,21). The van der Waals surface area contributed by atoms with Crippen LogP contribution < -0.4 is 10.6 Å². The van der Waals surface area contributed by atoms with Crippen molar-refractivity contribution < 1.29 is 4.52 Å². The first-order valence-corrected chi connectivity index (χ1v) is 8.27. The van der Waals surface area contributed by atoms with Crippen molar-refractivity contribution >= 4 is 5.96 Å². The van der Waals surface area contributed by atoms with E-state index < -0.39 is 0 Å². The van der Waals surface area contributed by atoms with Crippen molar-refractivity contribution in [2.75, 3.05) is 13.6 Å². The van der Waals surface area contributed by atoms with E-state index in [9.17, 15) is 0 Å². The fourth-order valence-electron chi connectivity index (χ4n) is 2.39. The highest BCUT2D eigenvalue weighted by atomic mass is 16.5. The summed E-state index contributed by atoms with van der Waals surface area (Å²) in [6.45, 7) is 9.62. The van der Waals surface area contributed by atoms with Crippen molar-refractivity contribution in [2.45, 2.75) is 46.1 Å². The number of rotatable bonds is 6. The van der Waals surface area contributed by atoms with Crippen LogP contribution in [0.2, 0.25) is 0 Å². The smallest absolute Gasteiger partial charge is 0.246 e. The monoisotopic (exact) mass is 329 g/mol. The quantitative estimate of drug-likeness (QED) is 0.629. The predicted octanol–water partition coefficient (Wildman–Crippen LogP) is 2.58. The van der Waals surface area contributed by atoms with E-state index in [1.165, 1.54) is 11.1 Å². The summed E-state index contributed by atoms with van der Waals surface area (Å²) >= 11 is 0. The van der Waals surface area contributed by atoms with Crippen molar-refractivity contribution in [2.24, 2.45) is 4.99 Å². The minimum Gasteiger partial charge on any atom is -0.356 e. The molecule has 24 heavy (non-hydrogen) atoms. The molecule has 130 valence electrons. The maximum Gasteiger partial charge on any atom is 0.246 e. The molecule has 1 aromatic heterocycles. The van der Waals surface area contributed by atoms with Crippen LogP contribution in [-0.4, -0.2) is 29.7 Å². The van der Waals surface area contributed by atoms with Gasteiger partial charge in [-0.2, -0.15) is 4.98 Å². The molecule has 2 N–H and O–H groups in total. The Bertz CT molecular complexity index is 673. The van der Waals surface area contributed by atoms with Crippen molar-refractivity contribution in [3.05, 3.63) is 47.1 Å². The highest BCUT2D eigenvalue weighted by Gasteiger charge is 2.21. The van der Waals surface area contributed by atoms with Crippen molar-refractivity contribution in [1.82, 2.24) is 20.8 Å². The SMILES string of the molecule is CCc1ccc(C(C)(C)CNC(=NC)NCc2nc(C)no2)cc1. The van der Waals surface area contributed by atoms with E-state index in [1.54, 1.807) is 14.0 Å². The first-order valence-electron chi connectivity index (χ1n) is 8.27. The molecule has 6 heteroatoms. The lowest BCUT2D eigenvalue weighted by Crippen LogP contribution is -2.43. The van der Waals surface area contributed by atoms with Gasteiger partial charge in [-0.25, -0.2) is 0 Å². The second-order valence-corrected chi connectivity index (χ2v) is 6.45. The average molecular weight is 329 g/mol. The number of aliphatic imine (C=N–C) groups is 1. The van der Waals surface area contributed by atoms with Gasteiger partial charge in [-0.15, -0.1) is 0 Å². The molecule has 2 rings (SSSR count). The molecule has 0 amide bonds. The van der Waals surface area contributed by atoms with Gasteiger partial charge in [0.05, 0.1) is 6.54 Å². The zero-order valence-electron chi connectivity index (χ0n) is 15.2. The van der Waals surface area contributed by atoms with Crippen LogP contribution in [0.1, 0.15) is 43.6 Å². The van der Waals surface area contributed by atoms with Crippen LogP contribution in [0, 0.1) is 6.92 Å². The summed E-state index contributed by atoms with van der Waals surface area (Å²) in [4.78, 5) is 8.41. The maximum atomic E-state index is 5.09. The Kier molecular flexibility index (Phi) is 5.95. The molecule has 0 bridgehead atoms. The number of aryl methyl sites for hydroxylation is 2. The van der Waals surface area contributed by atoms with Gasteiger partial charge in [0.2, 0.25) is 5.89 Å². The average Bonchev–Trinajstić information content (AvgIpc) is 3.00. The molecule has 0 aliphatic carbocycles. The summed E-state index contributed by atoms with van der Waals surface area (Å²) in [5.74, 6) is 1.89. The van der Waals surface area contributed by atoms with Crippen LogP contribution in [0.25, 0.3) is 0 Å². The summed E-state index contributed by atoms with van der Waals surface area (Å²) in [6.07, 6.45) is 1.06. The van der Waals surface area contributed by atoms with Gasteiger partial charge in [0.1, 0.15) is 0 Å². The minimum atomic E-state index is -0.00896. The molecule has 6 nitrogen and oxygen atoms in total. The summed E-state index contributed by atoms with van der Waals surface area (Å²) in [5.41, 5.74) is 2.65. The molecule has 0 unspecified atom stereocenters. The summed E-state index contributed by atoms with van der Waals surface area (Å²) in [5, 5.41) is 10.3. The number of hydrogen-bond acceptors (Lipinski definition) is 4. The van der Waals surface area contributed by atoms with Gasteiger partial charge >= 0.3 is 0 Å². The van der Waals surface area contributed by atoms with Crippen LogP contribution in [0.15, 0.2) is 33.8 Å². The highest BCUT2D eigenvalue weighted by Crippen LogP contribution is 2.22. The van der Waals surface area contributed by atoms with Crippen LogP contribution in [0.5, 0.6) is 0 Å². The van der Waals surface area contributed by atoms with Crippen LogP contribution in [-0.2, 0) is 18.4 Å². The molecule has 0 aliphatic rings. The van der Waals surface area contributed by atoms with Gasteiger partial charge in [0, 0.05) is 19.0 Å². The lowest BCUT2D eigenvalue weighted by molar-refractivity contribution is 0.371. The predicted molar refractivity (Wildman–Crippen MR) is 96.1 cm³/mol. The van der Waals surface area contributed by atoms with E-state index in [-0.39, 0.29) is 5.41 Å². The molecule has 2 aromatic rings. The highest BCUT2D eigenvalue weighted by molar-refractivity contribution is 5.79. The largest absolute Gasteiger partial charge is 0.356 e. The first kappa shape index (κ1) is 18.0. The molecule has 0 saturated heterocycles. The second kappa shape index (κ2) is 7.95. The van der Waals surface area contributed by atoms with Crippen molar-refractivity contribution in [1.29, 1.82) is 0 Å². The summed E-state index contributed by atoms with van der Waals surface area (Å²) < 4.78 is 5.09. The molecule has 0 atom stereocenters. The number of nitrogens with one attached hydrogen (secondary N) is 2. The molecule has 0 radical (unpaired) electrons. The molecule has 0 saturated carbocycles. The van der Waals surface area contributed by atoms with Gasteiger partial charge in [0.15, 0.2) is 11.8 Å². The van der Waals surface area contributed by atoms with Crippen LogP contribution in [0.4, 0.5) is 0 Å². The third-order valence-corrected chi connectivity index (χ3v) is 4.04. The van der Waals surface area contributed by atoms with E-state index in [0.717, 1.165) is 13.0 Å². The fraction of sp³-hybridized carbons (Fsp3) is 0.500. The molecule has 0 aliphatic heterocycles. The minimum absolute atomic E-state index is 0.00896. The number of guanidine groups is 1. The lowest BCUT2D eigenvalue weighted by Gasteiger charge is -2.27. The third kappa shape index (κ3) is 4.81. The number of hydrogen-bond donors (Lipinski definition) is 2. The molecule has 0 fully saturated rings. The van der Waals surface area contributed by atoms with E-state index in [1.807, 2.05) is 0 Å². The van der Waals surface area contributed by atoms with Gasteiger partial charge in [-0.05, 0) is 24.5 Å². The molecular weight excluding hydrogens is 302 g/mol. The van der Waals surface area contributed by atoms with Gasteiger partial charge in [0.25, 0.3) is 0 Å². The maximum absolute atomic E-state index is 5.09. The molecule has 0 spiro atoms. The van der Waals surface area contributed by atoms with Crippen LogP contribution >= 0.6 is 0 Å². The van der Waals surface area contributed by atoms with Gasteiger partial charge in [-0.3, -0.25) is 4.99 Å². The van der Waals surface area contributed by atoms with E-state index in [4.69, 9.17) is 4.52 Å². The Morgan fingerprint density at radius 1 is 1.21 bits per heavy atom. The topological polar surface area (TPSA) is 75.3 Å². The third-order valence-electron chi connectivity index (χ3n) is 4.04. The molecule has 1 aromatic carbocycles. The van der Waals surface area contributed by atoms with Gasteiger partial charge < -0.3 is 15.2 Å². The normalized spacial score (nSPS) is 12.3. The number of benzene rings is 1. The molecule has 1 heterocycles. The van der Waals surface area contributed by atoms with E-state index in [0.29, 0.717) is 24.2 Å². The van der Waals surface area contributed by atoms with Crippen LogP contribution in [0.3, 0.4) is 0 Å². The number of aromatic nitrogens is 2. The van der Waals surface area contributed by atoms with Crippen molar-refractivity contribution in [3.63, 3.8) is 0 Å². The zero-order chi connectivity index (χ0) is 17.6. The fourth-order valence-corrected chi connectivity index (χ4v) is 2.39. The first-order chi connectivity index (χ1) is 11.4. The van der Waals surface area contributed by atoms with Gasteiger partial charge in [-0.1, -0.05) is 50.2 Å². The Balaban J connectivity index is 1.90. The van der Waals surface area contributed by atoms with Crippen molar-refractivity contribution in [3.8, 4) is 0 Å². The Morgan fingerprint density at radius 2 is 1.92 bits per heavy atom. The zero-order valence-corrected chi connectivity index (χ0v) is 15.2. The summed E-state index contributed by atoms with van der Waals surface area (Å²) in [6, 6.07) is 8.81. The Hall–Kier alpha value is -2.37. The number of nitrogens with zero attached hydrogens (tertiary/aromatic N) is 3. The van der Waals surface area contributed by atoms with E-state index in [2.05, 4.69) is 70.8 Å². The Morgan fingerprint density at radius 3 is 2.46 bits per heavy atom. The molecular formula is C18H27N5O. The van der Waals surface area contributed by atoms with E-state index >= 15 is 0 Å². The summed E-state index contributed by atoms with van der Waals surface area (Å²) in [7, 11) is 1.75. The lowest BCUT2D eigenvalue weighted by atomic mass is 9.84. The Labute approximate surface area is 143 Å².